The molecule has 3 fully saturated rings. The topological polar surface area (TPSA) is 280 Å². The second-order valence-electron chi connectivity index (χ2n) is 21.5. The third-order valence-electron chi connectivity index (χ3n) is 15.0. The largest absolute Gasteiger partial charge is 0.497 e. The zero-order valence-corrected chi connectivity index (χ0v) is 51.7. The first kappa shape index (κ1) is 67.2. The SMILES string of the molecule is COc1ccc(OC[C@H]2O[C@@H](O)[C@H](N(Cc3ccccc3)C(C)=O)[C@@H](S[C@@H]3O[C@@H](C)[C@@H](OC(C)=O)[C@@H](OC(C)=O)[C@@H]3OC(C)=O)[C@@H]2O[C@@H]2O[C@H](COC(=O)c3ccccc3)[C@H](OC(=O)c3ccccc3)[C@H](OC(=O)c3ccccc3)[C@H]2OC(=O)c2ccccc2)cc1. The summed E-state index contributed by atoms with van der Waals surface area (Å²) >= 11 is 0.833. The molecule has 6 aromatic carbocycles. The molecule has 0 spiro atoms. The molecule has 23 nitrogen and oxygen atoms in total. The molecule has 0 unspecified atom stereocenters. The third-order valence-corrected chi connectivity index (χ3v) is 16.5. The van der Waals surface area contributed by atoms with Crippen LogP contribution in [0.5, 0.6) is 11.5 Å². The maximum atomic E-state index is 14.8. The number of benzene rings is 6. The second-order valence-corrected chi connectivity index (χ2v) is 22.8. The molecule has 1 amide bonds. The van der Waals surface area contributed by atoms with Crippen LogP contribution >= 0.6 is 11.8 Å². The molecule has 24 heteroatoms. The number of hydrogen-bond donors (Lipinski definition) is 1. The van der Waals surface area contributed by atoms with Crippen LogP contribution in [-0.2, 0) is 77.8 Å². The van der Waals surface area contributed by atoms with Crippen molar-refractivity contribution < 1.29 is 105 Å². The summed E-state index contributed by atoms with van der Waals surface area (Å²) < 4.78 is 81.9. The summed E-state index contributed by atoms with van der Waals surface area (Å²) in [6, 6.07) is 44.8. The van der Waals surface area contributed by atoms with Crippen LogP contribution in [0.2, 0.25) is 0 Å². The lowest BCUT2D eigenvalue weighted by atomic mass is 9.95. The lowest BCUT2D eigenvalue weighted by Gasteiger charge is -2.52. The Morgan fingerprint density at radius 2 is 0.902 bits per heavy atom. The van der Waals surface area contributed by atoms with Crippen LogP contribution in [0.1, 0.15) is 81.6 Å². The van der Waals surface area contributed by atoms with E-state index < -0.39 is 151 Å². The van der Waals surface area contributed by atoms with Crippen LogP contribution in [0.3, 0.4) is 0 Å². The summed E-state index contributed by atoms with van der Waals surface area (Å²) in [7, 11) is 1.48. The van der Waals surface area contributed by atoms with Gasteiger partial charge in [-0.05, 0) is 85.3 Å². The van der Waals surface area contributed by atoms with Gasteiger partial charge in [-0.2, -0.15) is 0 Å². The fourth-order valence-corrected chi connectivity index (χ4v) is 12.5. The van der Waals surface area contributed by atoms with Crippen molar-refractivity contribution >= 4 is 59.5 Å². The highest BCUT2D eigenvalue weighted by Gasteiger charge is 2.60. The molecule has 3 aliphatic rings. The Kier molecular flexibility index (Phi) is 23.2. The van der Waals surface area contributed by atoms with E-state index in [-0.39, 0.29) is 34.5 Å². The summed E-state index contributed by atoms with van der Waals surface area (Å²) in [6.07, 6.45) is -20.2. The third kappa shape index (κ3) is 17.2. The van der Waals surface area contributed by atoms with E-state index in [1.807, 2.05) is 0 Å². The highest BCUT2D eigenvalue weighted by Crippen LogP contribution is 2.44. The van der Waals surface area contributed by atoms with E-state index in [0.29, 0.717) is 11.3 Å². The number of hydrogen-bond acceptors (Lipinski definition) is 23. The number of thioether (sulfide) groups is 1. The van der Waals surface area contributed by atoms with E-state index in [4.69, 9.17) is 61.6 Å². The first-order valence-electron chi connectivity index (χ1n) is 29.4. The minimum atomic E-state index is -2.04. The number of nitrogens with zero attached hydrogens (tertiary/aromatic N) is 1. The van der Waals surface area contributed by atoms with Crippen molar-refractivity contribution in [1.82, 2.24) is 4.90 Å². The van der Waals surface area contributed by atoms with Crippen LogP contribution < -0.4 is 9.47 Å². The second kappa shape index (κ2) is 31.7. The molecule has 92 heavy (non-hydrogen) atoms. The van der Waals surface area contributed by atoms with E-state index in [0.717, 1.165) is 32.5 Å². The van der Waals surface area contributed by atoms with Crippen LogP contribution in [0.4, 0.5) is 0 Å². The summed E-state index contributed by atoms with van der Waals surface area (Å²) in [6.45, 7) is 4.71. The number of amides is 1. The van der Waals surface area contributed by atoms with Gasteiger partial charge in [0.1, 0.15) is 48.5 Å². The first-order chi connectivity index (χ1) is 44.3. The smallest absolute Gasteiger partial charge is 0.338 e. The number of methoxy groups -OCH3 is 1. The van der Waals surface area contributed by atoms with Gasteiger partial charge >= 0.3 is 41.8 Å². The van der Waals surface area contributed by atoms with Crippen molar-refractivity contribution in [2.24, 2.45) is 0 Å². The minimum Gasteiger partial charge on any atom is -0.497 e. The Hall–Kier alpha value is -9.17. The number of aliphatic hydroxyl groups is 1. The molecule has 0 aromatic heterocycles. The summed E-state index contributed by atoms with van der Waals surface area (Å²) in [5, 5.41) is 11.3. The van der Waals surface area contributed by atoms with Crippen molar-refractivity contribution in [2.75, 3.05) is 20.3 Å². The van der Waals surface area contributed by atoms with Gasteiger partial charge in [0.25, 0.3) is 0 Å². The van der Waals surface area contributed by atoms with E-state index in [1.165, 1.54) is 74.4 Å². The van der Waals surface area contributed by atoms with Gasteiger partial charge < -0.3 is 71.6 Å². The number of esters is 7. The average Bonchev–Trinajstić information content (AvgIpc) is 0.775. The number of carbonyl (C=O) groups is 8. The quantitative estimate of drug-likeness (QED) is 0.0480. The zero-order valence-electron chi connectivity index (χ0n) is 50.9. The van der Waals surface area contributed by atoms with Gasteiger partial charge in [-0.3, -0.25) is 19.2 Å². The number of aliphatic hydroxyl groups excluding tert-OH is 1. The predicted molar refractivity (Wildman–Crippen MR) is 325 cm³/mol. The summed E-state index contributed by atoms with van der Waals surface area (Å²) in [5.41, 5.74) is -0.737. The fraction of sp³-hybridized carbons (Fsp3) is 0.353. The van der Waals surface area contributed by atoms with Crippen LogP contribution in [0, 0.1) is 0 Å². The highest BCUT2D eigenvalue weighted by molar-refractivity contribution is 8.00. The summed E-state index contributed by atoms with van der Waals surface area (Å²) in [4.78, 5) is 113. The molecular formula is C68H69NO22S. The molecule has 6 aromatic rings. The van der Waals surface area contributed by atoms with Gasteiger partial charge in [-0.1, -0.05) is 103 Å². The zero-order chi connectivity index (χ0) is 65.4. The normalized spacial score (nSPS) is 25.9. The van der Waals surface area contributed by atoms with Crippen molar-refractivity contribution in [3.63, 3.8) is 0 Å². The maximum absolute atomic E-state index is 14.8. The molecule has 15 atom stereocenters. The van der Waals surface area contributed by atoms with E-state index >= 15 is 0 Å². The maximum Gasteiger partial charge on any atom is 0.338 e. The summed E-state index contributed by atoms with van der Waals surface area (Å²) in [5.74, 6) is -6.21. The van der Waals surface area contributed by atoms with Crippen molar-refractivity contribution in [3.05, 3.63) is 204 Å². The Morgan fingerprint density at radius 1 is 0.467 bits per heavy atom. The van der Waals surface area contributed by atoms with Crippen LogP contribution in [0.15, 0.2) is 176 Å². The lowest BCUT2D eigenvalue weighted by Crippen LogP contribution is -2.68. The molecule has 0 bridgehead atoms. The highest BCUT2D eigenvalue weighted by atomic mass is 32.2. The molecule has 0 saturated carbocycles. The lowest BCUT2D eigenvalue weighted by molar-refractivity contribution is -0.331. The molecule has 0 aliphatic carbocycles. The Morgan fingerprint density at radius 3 is 1.40 bits per heavy atom. The van der Waals surface area contributed by atoms with E-state index in [9.17, 15) is 43.5 Å². The Labute approximate surface area is 534 Å². The molecule has 9 rings (SSSR count). The van der Waals surface area contributed by atoms with E-state index in [1.54, 1.807) is 127 Å². The van der Waals surface area contributed by atoms with Gasteiger partial charge in [-0.15, -0.1) is 11.8 Å². The molecule has 0 radical (unpaired) electrons. The Balaban J connectivity index is 1.25. The minimum absolute atomic E-state index is 0.00397. The van der Waals surface area contributed by atoms with Crippen LogP contribution in [-0.4, -0.2) is 168 Å². The van der Waals surface area contributed by atoms with Gasteiger partial charge in [0, 0.05) is 34.2 Å². The molecule has 484 valence electrons. The number of ether oxygens (including phenoxy) is 13. The number of carbonyl (C=O) groups excluding carboxylic acids is 8. The monoisotopic (exact) mass is 1280 g/mol. The van der Waals surface area contributed by atoms with Gasteiger partial charge in [0.2, 0.25) is 5.91 Å². The fourth-order valence-electron chi connectivity index (χ4n) is 10.8. The molecule has 1 N–H and O–H groups in total. The number of rotatable bonds is 23. The molecule has 3 heterocycles. The van der Waals surface area contributed by atoms with E-state index in [2.05, 4.69) is 0 Å². The van der Waals surface area contributed by atoms with Gasteiger partial charge in [0.05, 0.1) is 46.8 Å². The molecule has 3 aliphatic heterocycles. The standard InChI is InChI=1S/C68H69NO22S/c1-39-54(83-41(3)71)57(84-42(4)72)60(85-43(5)73)68(82-39)92-61-53(69(40(2)70)36-44-22-12-7-13-23-44)66(78)86-52(37-80-50-34-32-49(79-6)33-35-50)56(61)91-67-59(90-65(77)48-30-20-11-21-31-48)58(89-64(76)47-28-18-10-19-29-47)55(88-63(75)46-26-16-9-17-27-46)51(87-67)38-81-62(74)45-24-14-8-15-25-45/h7-35,39,51-61,66-68,78H,36-38H2,1-6H3/t39-,51+,52+,53+,54+,55-,56+,57+,58-,59+,60-,61+,66+,67-,68-/m0/s1. The molecule has 3 saturated heterocycles. The van der Waals surface area contributed by atoms with Crippen LogP contribution in [0.25, 0.3) is 0 Å². The Bertz CT molecular complexity index is 3460. The van der Waals surface area contributed by atoms with Gasteiger partial charge in [-0.25, -0.2) is 19.2 Å². The van der Waals surface area contributed by atoms with Gasteiger partial charge in [0.15, 0.2) is 49.2 Å². The van der Waals surface area contributed by atoms with Crippen molar-refractivity contribution in [1.29, 1.82) is 0 Å². The first-order valence-corrected chi connectivity index (χ1v) is 30.3. The van der Waals surface area contributed by atoms with Crippen molar-refractivity contribution in [2.45, 2.75) is 132 Å². The van der Waals surface area contributed by atoms with Crippen molar-refractivity contribution in [3.8, 4) is 11.5 Å². The predicted octanol–water partition coefficient (Wildman–Crippen LogP) is 7.49. The molecular weight excluding hydrogens is 1210 g/mol. The average molecular weight is 1280 g/mol.